The van der Waals surface area contributed by atoms with Crippen LogP contribution in [0.1, 0.15) is 43.5 Å². The molecule has 1 aliphatic rings. The normalized spacial score (nSPS) is 15.2. The minimum Gasteiger partial charge on any atom is -0.353 e. The Bertz CT molecular complexity index is 682. The second kappa shape index (κ2) is 7.83. The maximum Gasteiger partial charge on any atom is 0.230 e. The Morgan fingerprint density at radius 2 is 2.08 bits per heavy atom. The van der Waals surface area contributed by atoms with Gasteiger partial charge < -0.3 is 9.88 Å². The Morgan fingerprint density at radius 3 is 2.79 bits per heavy atom. The van der Waals surface area contributed by atoms with E-state index in [4.69, 9.17) is 0 Å². The molecule has 0 bridgehead atoms. The van der Waals surface area contributed by atoms with Crippen LogP contribution in [0.5, 0.6) is 0 Å². The molecule has 24 heavy (non-hydrogen) atoms. The van der Waals surface area contributed by atoms with E-state index in [2.05, 4.69) is 34.6 Å². The fraction of sp³-hybridized carbons (Fsp3) is 0.500. The molecule has 1 atom stereocenters. The van der Waals surface area contributed by atoms with Gasteiger partial charge in [0.05, 0.1) is 5.75 Å². The van der Waals surface area contributed by atoms with E-state index in [1.807, 2.05) is 29.8 Å². The molecule has 1 aliphatic carbocycles. The molecule has 1 heterocycles. The fourth-order valence-corrected chi connectivity index (χ4v) is 3.42. The third-order valence-corrected chi connectivity index (χ3v) is 5.28. The summed E-state index contributed by atoms with van der Waals surface area (Å²) in [5, 5.41) is 12.3. The Morgan fingerprint density at radius 1 is 1.33 bits per heavy atom. The molecule has 6 heteroatoms. The van der Waals surface area contributed by atoms with Crippen LogP contribution in [0.4, 0.5) is 0 Å². The molecule has 0 radical (unpaired) electrons. The van der Waals surface area contributed by atoms with Crippen molar-refractivity contribution in [1.29, 1.82) is 0 Å². The minimum atomic E-state index is 0.0523. The van der Waals surface area contributed by atoms with Crippen molar-refractivity contribution in [3.8, 4) is 0 Å². The number of nitrogens with zero attached hydrogens (tertiary/aromatic N) is 3. The lowest BCUT2D eigenvalue weighted by atomic mass is 10.1. The van der Waals surface area contributed by atoms with Crippen LogP contribution in [0, 0.1) is 0 Å². The lowest BCUT2D eigenvalue weighted by molar-refractivity contribution is -0.119. The van der Waals surface area contributed by atoms with E-state index < -0.39 is 0 Å². The van der Waals surface area contributed by atoms with Gasteiger partial charge in [-0.3, -0.25) is 4.79 Å². The summed E-state index contributed by atoms with van der Waals surface area (Å²) >= 11 is 1.45. The van der Waals surface area contributed by atoms with Crippen LogP contribution in [0.2, 0.25) is 0 Å². The highest BCUT2D eigenvalue weighted by Gasteiger charge is 2.29. The van der Waals surface area contributed by atoms with Crippen molar-refractivity contribution in [2.24, 2.45) is 7.05 Å². The maximum atomic E-state index is 12.1. The molecule has 0 unspecified atom stereocenters. The van der Waals surface area contributed by atoms with Gasteiger partial charge in [0.25, 0.3) is 0 Å². The van der Waals surface area contributed by atoms with Crippen molar-refractivity contribution in [2.75, 3.05) is 5.75 Å². The minimum absolute atomic E-state index is 0.0523. The number of benzene rings is 1. The number of carbonyl (C=O) groups is 1. The van der Waals surface area contributed by atoms with Crippen molar-refractivity contribution < 1.29 is 4.79 Å². The second-order valence-corrected chi connectivity index (χ2v) is 7.40. The van der Waals surface area contributed by atoms with E-state index in [1.165, 1.54) is 30.2 Å². The lowest BCUT2D eigenvalue weighted by Gasteiger charge is -2.13. The summed E-state index contributed by atoms with van der Waals surface area (Å²) in [7, 11) is 1.98. The number of hydrogen-bond donors (Lipinski definition) is 1. The van der Waals surface area contributed by atoms with Crippen molar-refractivity contribution in [3.63, 3.8) is 0 Å². The number of hydrogen-bond acceptors (Lipinski definition) is 4. The quantitative estimate of drug-likeness (QED) is 0.748. The van der Waals surface area contributed by atoms with Crippen molar-refractivity contribution in [1.82, 2.24) is 20.1 Å². The highest BCUT2D eigenvalue weighted by molar-refractivity contribution is 7.99. The third kappa shape index (κ3) is 4.60. The maximum absolute atomic E-state index is 12.1. The Balaban J connectivity index is 1.40. The summed E-state index contributed by atoms with van der Waals surface area (Å²) in [6, 6.07) is 10.5. The predicted octanol–water partition coefficient (Wildman–Crippen LogP) is 2.92. The molecule has 1 aromatic heterocycles. The molecule has 3 rings (SSSR count). The number of carbonyl (C=O) groups excluding carboxylic acids is 1. The summed E-state index contributed by atoms with van der Waals surface area (Å²) in [4.78, 5) is 12.1. The van der Waals surface area contributed by atoms with Gasteiger partial charge in [0.15, 0.2) is 5.16 Å². The number of aryl methyl sites for hydroxylation is 1. The highest BCUT2D eigenvalue weighted by atomic mass is 32.2. The molecule has 5 nitrogen and oxygen atoms in total. The summed E-state index contributed by atoms with van der Waals surface area (Å²) in [6.07, 6.45) is 4.33. The average Bonchev–Trinajstić information content (AvgIpc) is 3.36. The van der Waals surface area contributed by atoms with Crippen LogP contribution in [-0.4, -0.2) is 32.5 Å². The van der Waals surface area contributed by atoms with Gasteiger partial charge in [0, 0.05) is 19.0 Å². The zero-order chi connectivity index (χ0) is 16.9. The van der Waals surface area contributed by atoms with Crippen LogP contribution in [-0.2, 0) is 18.3 Å². The van der Waals surface area contributed by atoms with E-state index in [-0.39, 0.29) is 11.9 Å². The number of nitrogens with one attached hydrogen (secondary N) is 1. The topological polar surface area (TPSA) is 59.8 Å². The van der Waals surface area contributed by atoms with Gasteiger partial charge in [-0.1, -0.05) is 42.1 Å². The van der Waals surface area contributed by atoms with Gasteiger partial charge in [-0.15, -0.1) is 10.2 Å². The van der Waals surface area contributed by atoms with Gasteiger partial charge >= 0.3 is 0 Å². The fourth-order valence-electron chi connectivity index (χ4n) is 2.70. The van der Waals surface area contributed by atoms with Gasteiger partial charge in [0.2, 0.25) is 5.91 Å². The van der Waals surface area contributed by atoms with Crippen LogP contribution in [0.3, 0.4) is 0 Å². The molecular weight excluding hydrogens is 320 g/mol. The monoisotopic (exact) mass is 344 g/mol. The Kier molecular flexibility index (Phi) is 5.56. The molecule has 0 saturated heterocycles. The zero-order valence-corrected chi connectivity index (χ0v) is 15.1. The van der Waals surface area contributed by atoms with Crippen molar-refractivity contribution >= 4 is 17.7 Å². The molecule has 0 spiro atoms. The van der Waals surface area contributed by atoms with Gasteiger partial charge in [0.1, 0.15) is 5.82 Å². The van der Waals surface area contributed by atoms with E-state index in [0.717, 1.165) is 23.8 Å². The van der Waals surface area contributed by atoms with Gasteiger partial charge in [-0.25, -0.2) is 0 Å². The number of aromatic nitrogens is 3. The Labute approximate surface area is 147 Å². The molecule has 1 N–H and O–H groups in total. The average molecular weight is 344 g/mol. The third-order valence-electron chi connectivity index (χ3n) is 4.26. The van der Waals surface area contributed by atoms with Crippen LogP contribution >= 0.6 is 11.8 Å². The van der Waals surface area contributed by atoms with Gasteiger partial charge in [-0.2, -0.15) is 0 Å². The predicted molar refractivity (Wildman–Crippen MR) is 96.1 cm³/mol. The molecule has 128 valence electrons. The van der Waals surface area contributed by atoms with Crippen LogP contribution in [0.15, 0.2) is 35.5 Å². The summed E-state index contributed by atoms with van der Waals surface area (Å²) in [5.41, 5.74) is 1.31. The largest absolute Gasteiger partial charge is 0.353 e. The first-order valence-electron chi connectivity index (χ1n) is 8.49. The SMILES string of the molecule is C[C@H](CCc1ccccc1)NC(=O)CSc1nnc(C2CC2)n1C. The van der Waals surface area contributed by atoms with Crippen molar-refractivity contribution in [3.05, 3.63) is 41.7 Å². The molecular formula is C18H24N4OS. The zero-order valence-electron chi connectivity index (χ0n) is 14.2. The first-order chi connectivity index (χ1) is 11.6. The van der Waals surface area contributed by atoms with Crippen molar-refractivity contribution in [2.45, 2.75) is 49.7 Å². The molecule has 1 saturated carbocycles. The first-order valence-corrected chi connectivity index (χ1v) is 9.47. The number of rotatable bonds is 8. The molecule has 0 aliphatic heterocycles. The van der Waals surface area contributed by atoms with Crippen LogP contribution < -0.4 is 5.32 Å². The highest BCUT2D eigenvalue weighted by Crippen LogP contribution is 2.39. The molecule has 1 aromatic carbocycles. The van der Waals surface area contributed by atoms with E-state index in [1.54, 1.807) is 0 Å². The Hall–Kier alpha value is -1.82. The smallest absolute Gasteiger partial charge is 0.230 e. The van der Waals surface area contributed by atoms with Gasteiger partial charge in [-0.05, 0) is 38.2 Å². The van der Waals surface area contributed by atoms with E-state index in [9.17, 15) is 4.79 Å². The number of amides is 1. The molecule has 1 fully saturated rings. The molecule has 1 amide bonds. The first kappa shape index (κ1) is 17.0. The summed E-state index contributed by atoms with van der Waals surface area (Å²) in [5.74, 6) is 2.06. The van der Waals surface area contributed by atoms with Crippen LogP contribution in [0.25, 0.3) is 0 Å². The summed E-state index contributed by atoms with van der Waals surface area (Å²) < 4.78 is 2.02. The lowest BCUT2D eigenvalue weighted by Crippen LogP contribution is -2.34. The second-order valence-electron chi connectivity index (χ2n) is 6.46. The molecule has 2 aromatic rings. The van der Waals surface area contributed by atoms with E-state index >= 15 is 0 Å². The van der Waals surface area contributed by atoms with E-state index in [0.29, 0.717) is 11.7 Å². The summed E-state index contributed by atoms with van der Waals surface area (Å²) in [6.45, 7) is 2.05. The number of thioether (sulfide) groups is 1. The standard InChI is InChI=1S/C18H24N4OS/c1-13(8-9-14-6-4-3-5-7-14)19-16(23)12-24-18-21-20-17(22(18)2)15-10-11-15/h3-7,13,15H,8-12H2,1-2H3,(H,19,23)/t13-/m1/s1.